The quantitative estimate of drug-likeness (QED) is 0.889. The Morgan fingerprint density at radius 3 is 2.45 bits per heavy atom. The minimum atomic E-state index is 0.0506. The Labute approximate surface area is 131 Å². The van der Waals surface area contributed by atoms with E-state index in [1.807, 2.05) is 18.2 Å². The highest BCUT2D eigenvalue weighted by molar-refractivity contribution is 5.80. The van der Waals surface area contributed by atoms with E-state index in [4.69, 9.17) is 4.74 Å². The first-order valence-corrected chi connectivity index (χ1v) is 7.78. The molecule has 4 heteroatoms. The molecule has 1 aliphatic rings. The monoisotopic (exact) mass is 300 g/mol. The number of nitrogens with one attached hydrogen (secondary N) is 1. The minimum absolute atomic E-state index is 0.0506. The van der Waals surface area contributed by atoms with Crippen molar-refractivity contribution in [2.24, 2.45) is 0 Å². The number of aromatic nitrogens is 1. The molecule has 0 radical (unpaired) electrons. The number of phenols is 1. The van der Waals surface area contributed by atoms with Crippen LogP contribution in [0.1, 0.15) is 40.5 Å². The zero-order chi connectivity index (χ0) is 16.0. The number of piperidine rings is 1. The Kier molecular flexibility index (Phi) is 3.52. The summed E-state index contributed by atoms with van der Waals surface area (Å²) in [6, 6.07) is 8.99. The standard InChI is InChI=1S/C18H24N2O2/c1-17(2)10-14(11-18(3,4)20-17)22-16-8-5-12-9-13(21)6-7-15(12)19-16/h5-9,14,20-21H,10-11H2,1-4H3. The van der Waals surface area contributed by atoms with Crippen molar-refractivity contribution in [2.75, 3.05) is 0 Å². The van der Waals surface area contributed by atoms with Crippen LogP contribution >= 0.6 is 0 Å². The Balaban J connectivity index is 1.82. The number of pyridine rings is 1. The van der Waals surface area contributed by atoms with Crippen molar-refractivity contribution >= 4 is 10.9 Å². The lowest BCUT2D eigenvalue weighted by atomic mass is 9.81. The number of aromatic hydroxyl groups is 1. The lowest BCUT2D eigenvalue weighted by molar-refractivity contribution is 0.0532. The largest absolute Gasteiger partial charge is 0.508 e. The number of hydrogen-bond donors (Lipinski definition) is 2. The molecule has 1 aliphatic heterocycles. The van der Waals surface area contributed by atoms with E-state index in [1.165, 1.54) is 0 Å². The normalized spacial score (nSPS) is 20.9. The summed E-state index contributed by atoms with van der Waals surface area (Å²) in [5.41, 5.74) is 0.937. The van der Waals surface area contributed by atoms with Crippen LogP contribution in [-0.4, -0.2) is 27.3 Å². The van der Waals surface area contributed by atoms with Crippen LogP contribution in [0.5, 0.6) is 11.6 Å². The highest BCUT2D eigenvalue weighted by atomic mass is 16.5. The average Bonchev–Trinajstić information content (AvgIpc) is 2.35. The Bertz CT molecular complexity index is 679. The van der Waals surface area contributed by atoms with Crippen molar-refractivity contribution in [3.05, 3.63) is 30.3 Å². The van der Waals surface area contributed by atoms with Crippen LogP contribution in [0.15, 0.2) is 30.3 Å². The van der Waals surface area contributed by atoms with Gasteiger partial charge in [-0.15, -0.1) is 0 Å². The molecule has 1 aromatic carbocycles. The van der Waals surface area contributed by atoms with Gasteiger partial charge in [-0.1, -0.05) is 0 Å². The van der Waals surface area contributed by atoms with Crippen LogP contribution in [-0.2, 0) is 0 Å². The topological polar surface area (TPSA) is 54.4 Å². The maximum atomic E-state index is 9.51. The van der Waals surface area contributed by atoms with E-state index in [-0.39, 0.29) is 22.9 Å². The highest BCUT2D eigenvalue weighted by Crippen LogP contribution is 2.31. The van der Waals surface area contributed by atoms with Crippen molar-refractivity contribution < 1.29 is 9.84 Å². The number of hydrogen-bond acceptors (Lipinski definition) is 4. The van der Waals surface area contributed by atoms with Gasteiger partial charge in [0, 0.05) is 35.4 Å². The lowest BCUT2D eigenvalue weighted by Crippen LogP contribution is -2.60. The van der Waals surface area contributed by atoms with E-state index in [0.717, 1.165) is 23.7 Å². The van der Waals surface area contributed by atoms with Gasteiger partial charge in [0.1, 0.15) is 11.9 Å². The third-order valence-electron chi connectivity index (χ3n) is 4.09. The van der Waals surface area contributed by atoms with Crippen molar-refractivity contribution in [3.8, 4) is 11.6 Å². The molecule has 3 rings (SSSR count). The third kappa shape index (κ3) is 3.33. The van der Waals surface area contributed by atoms with Gasteiger partial charge < -0.3 is 15.2 Å². The van der Waals surface area contributed by atoms with Crippen LogP contribution < -0.4 is 10.1 Å². The molecule has 2 N–H and O–H groups in total. The second-order valence-electron chi connectivity index (χ2n) is 7.57. The predicted octanol–water partition coefficient (Wildman–Crippen LogP) is 3.63. The Morgan fingerprint density at radius 2 is 1.77 bits per heavy atom. The molecule has 0 aliphatic carbocycles. The zero-order valence-electron chi connectivity index (χ0n) is 13.7. The van der Waals surface area contributed by atoms with Crippen LogP contribution in [0.4, 0.5) is 0 Å². The molecule has 0 atom stereocenters. The molecule has 0 unspecified atom stereocenters. The second kappa shape index (κ2) is 5.13. The predicted molar refractivity (Wildman–Crippen MR) is 88.4 cm³/mol. The summed E-state index contributed by atoms with van der Waals surface area (Å²) >= 11 is 0. The number of fused-ring (bicyclic) bond motifs is 1. The van der Waals surface area contributed by atoms with Gasteiger partial charge in [-0.2, -0.15) is 0 Å². The summed E-state index contributed by atoms with van der Waals surface area (Å²) < 4.78 is 6.15. The summed E-state index contributed by atoms with van der Waals surface area (Å²) in [5, 5.41) is 14.1. The number of nitrogens with zero attached hydrogens (tertiary/aromatic N) is 1. The fourth-order valence-corrected chi connectivity index (χ4v) is 3.64. The van der Waals surface area contributed by atoms with Crippen LogP contribution in [0, 0.1) is 0 Å². The van der Waals surface area contributed by atoms with Gasteiger partial charge in [-0.3, -0.25) is 0 Å². The first-order valence-electron chi connectivity index (χ1n) is 7.78. The van der Waals surface area contributed by atoms with Crippen LogP contribution in [0.25, 0.3) is 10.9 Å². The molecule has 1 saturated heterocycles. The molecule has 0 bridgehead atoms. The van der Waals surface area contributed by atoms with Gasteiger partial charge in [-0.25, -0.2) is 4.98 Å². The third-order valence-corrected chi connectivity index (χ3v) is 4.09. The molecule has 0 spiro atoms. The molecular formula is C18H24N2O2. The molecule has 4 nitrogen and oxygen atoms in total. The second-order valence-corrected chi connectivity index (χ2v) is 7.57. The maximum absolute atomic E-state index is 9.51. The number of rotatable bonds is 2. The highest BCUT2D eigenvalue weighted by Gasteiger charge is 2.38. The SMILES string of the molecule is CC1(C)CC(Oc2ccc3cc(O)ccc3n2)CC(C)(C)N1. The molecule has 118 valence electrons. The van der Waals surface area contributed by atoms with E-state index in [9.17, 15) is 5.11 Å². The number of benzene rings is 1. The van der Waals surface area contributed by atoms with Crippen LogP contribution in [0.3, 0.4) is 0 Å². The fourth-order valence-electron chi connectivity index (χ4n) is 3.64. The maximum Gasteiger partial charge on any atom is 0.214 e. The Morgan fingerprint density at radius 1 is 1.09 bits per heavy atom. The summed E-state index contributed by atoms with van der Waals surface area (Å²) in [7, 11) is 0. The number of phenolic OH excluding ortho intramolecular Hbond substituents is 1. The minimum Gasteiger partial charge on any atom is -0.508 e. The molecular weight excluding hydrogens is 276 g/mol. The van der Waals surface area contributed by atoms with Crippen molar-refractivity contribution in [3.63, 3.8) is 0 Å². The van der Waals surface area contributed by atoms with E-state index in [1.54, 1.807) is 12.1 Å². The molecule has 0 saturated carbocycles. The molecule has 2 aromatic rings. The van der Waals surface area contributed by atoms with Gasteiger partial charge >= 0.3 is 0 Å². The van der Waals surface area contributed by atoms with E-state index in [0.29, 0.717) is 5.88 Å². The summed E-state index contributed by atoms with van der Waals surface area (Å²) in [6.07, 6.45) is 2.05. The van der Waals surface area contributed by atoms with Gasteiger partial charge in [0.2, 0.25) is 5.88 Å². The van der Waals surface area contributed by atoms with Crippen molar-refractivity contribution in [1.82, 2.24) is 10.3 Å². The smallest absolute Gasteiger partial charge is 0.214 e. The average molecular weight is 300 g/mol. The van der Waals surface area contributed by atoms with Gasteiger partial charge in [0.15, 0.2) is 0 Å². The summed E-state index contributed by atoms with van der Waals surface area (Å²) in [6.45, 7) is 8.84. The number of ether oxygens (including phenoxy) is 1. The lowest BCUT2D eigenvalue weighted by Gasteiger charge is -2.46. The zero-order valence-corrected chi connectivity index (χ0v) is 13.7. The molecule has 0 amide bonds. The summed E-state index contributed by atoms with van der Waals surface area (Å²) in [4.78, 5) is 4.55. The van der Waals surface area contributed by atoms with Crippen molar-refractivity contribution in [2.45, 2.75) is 57.7 Å². The van der Waals surface area contributed by atoms with Gasteiger partial charge in [-0.05, 0) is 52.0 Å². The first kappa shape index (κ1) is 15.1. The van der Waals surface area contributed by atoms with Crippen LogP contribution in [0.2, 0.25) is 0 Å². The molecule has 22 heavy (non-hydrogen) atoms. The summed E-state index contributed by atoms with van der Waals surface area (Å²) in [5.74, 6) is 0.904. The first-order chi connectivity index (χ1) is 10.2. The van der Waals surface area contributed by atoms with E-state index < -0.39 is 0 Å². The van der Waals surface area contributed by atoms with E-state index in [2.05, 4.69) is 38.0 Å². The van der Waals surface area contributed by atoms with Gasteiger partial charge in [0.25, 0.3) is 0 Å². The fraction of sp³-hybridized carbons (Fsp3) is 0.500. The molecule has 1 fully saturated rings. The van der Waals surface area contributed by atoms with Crippen molar-refractivity contribution in [1.29, 1.82) is 0 Å². The molecule has 1 aromatic heterocycles. The van der Waals surface area contributed by atoms with E-state index >= 15 is 0 Å². The molecule has 2 heterocycles. The van der Waals surface area contributed by atoms with Gasteiger partial charge in [0.05, 0.1) is 5.52 Å². The Hall–Kier alpha value is -1.81.